The summed E-state index contributed by atoms with van der Waals surface area (Å²) in [5.41, 5.74) is 5.72. The second kappa shape index (κ2) is 5.01. The molecule has 3 heterocycles. The fourth-order valence-electron chi connectivity index (χ4n) is 3.22. The zero-order valence-corrected chi connectivity index (χ0v) is 12.5. The van der Waals surface area contributed by atoms with E-state index < -0.39 is 10.0 Å². The quantitative estimate of drug-likeness (QED) is 0.822. The molecule has 0 spiro atoms. The van der Waals surface area contributed by atoms with Crippen LogP contribution < -0.4 is 5.73 Å². The highest BCUT2D eigenvalue weighted by Crippen LogP contribution is 2.26. The zero-order valence-electron chi connectivity index (χ0n) is 11.7. The first-order chi connectivity index (χ1) is 9.50. The highest BCUT2D eigenvalue weighted by Gasteiger charge is 2.37. The zero-order chi connectivity index (χ0) is 14.3. The molecule has 0 bridgehead atoms. The lowest BCUT2D eigenvalue weighted by Crippen LogP contribution is -2.56. The van der Waals surface area contributed by atoms with Crippen LogP contribution in [0.1, 0.15) is 19.3 Å². The third-order valence-corrected chi connectivity index (χ3v) is 6.29. The topological polar surface area (TPSA) is 84.5 Å². The molecule has 0 radical (unpaired) electrons. The molecule has 2 aliphatic rings. The van der Waals surface area contributed by atoms with Gasteiger partial charge in [-0.3, -0.25) is 4.90 Å². The number of fused-ring (bicyclic) bond motifs is 1. The Morgan fingerprint density at radius 2 is 2.10 bits per heavy atom. The summed E-state index contributed by atoms with van der Waals surface area (Å²) in [7, 11) is -1.89. The number of hydrogen-bond donors (Lipinski definition) is 1. The lowest BCUT2D eigenvalue weighted by molar-refractivity contribution is 0.0850. The van der Waals surface area contributed by atoms with Crippen LogP contribution in [-0.2, 0) is 17.1 Å². The van der Waals surface area contributed by atoms with Crippen LogP contribution in [0, 0.1) is 0 Å². The largest absolute Gasteiger partial charge is 0.381 e. The van der Waals surface area contributed by atoms with Crippen LogP contribution in [0.4, 0.5) is 5.82 Å². The van der Waals surface area contributed by atoms with Gasteiger partial charge in [0.1, 0.15) is 0 Å². The maximum absolute atomic E-state index is 12.7. The third kappa shape index (κ3) is 2.21. The Balaban J connectivity index is 1.85. The van der Waals surface area contributed by atoms with Gasteiger partial charge in [-0.2, -0.15) is 4.31 Å². The molecule has 20 heavy (non-hydrogen) atoms. The van der Waals surface area contributed by atoms with Gasteiger partial charge in [0.05, 0.1) is 6.33 Å². The van der Waals surface area contributed by atoms with Gasteiger partial charge in [-0.1, -0.05) is 6.42 Å². The van der Waals surface area contributed by atoms with E-state index in [1.807, 2.05) is 0 Å². The van der Waals surface area contributed by atoms with E-state index in [1.54, 1.807) is 11.4 Å². The number of nitrogens with two attached hydrogens (primary N) is 1. The molecule has 2 N–H and O–H groups in total. The molecule has 112 valence electrons. The van der Waals surface area contributed by atoms with E-state index in [2.05, 4.69) is 9.88 Å². The Morgan fingerprint density at radius 1 is 1.30 bits per heavy atom. The van der Waals surface area contributed by atoms with Crippen LogP contribution in [-0.4, -0.2) is 59.4 Å². The minimum absolute atomic E-state index is 0.0820. The second-order valence-corrected chi connectivity index (χ2v) is 7.45. The standard InChI is InChI=1S/C12H21N5O2S/c1-15-9-14-11(13)12(15)20(18,19)17-7-6-16-5-3-2-4-10(16)8-17/h9-10H,2-8,13H2,1H3. The van der Waals surface area contributed by atoms with Crippen molar-refractivity contribution in [2.45, 2.75) is 30.3 Å². The predicted molar refractivity (Wildman–Crippen MR) is 75.6 cm³/mol. The Kier molecular flexibility index (Phi) is 3.47. The van der Waals surface area contributed by atoms with Crippen molar-refractivity contribution in [1.29, 1.82) is 0 Å². The number of piperidine rings is 1. The van der Waals surface area contributed by atoms with E-state index in [1.165, 1.54) is 23.7 Å². The van der Waals surface area contributed by atoms with Crippen molar-refractivity contribution in [3.8, 4) is 0 Å². The van der Waals surface area contributed by atoms with Crippen molar-refractivity contribution < 1.29 is 8.42 Å². The molecule has 1 aromatic rings. The highest BCUT2D eigenvalue weighted by molar-refractivity contribution is 7.89. The monoisotopic (exact) mass is 299 g/mol. The highest BCUT2D eigenvalue weighted by atomic mass is 32.2. The average molecular weight is 299 g/mol. The summed E-state index contributed by atoms with van der Waals surface area (Å²) in [5, 5.41) is 0.113. The molecule has 2 saturated heterocycles. The summed E-state index contributed by atoms with van der Waals surface area (Å²) in [6, 6.07) is 0.349. The molecule has 7 nitrogen and oxygen atoms in total. The normalized spacial score (nSPS) is 25.6. The van der Waals surface area contributed by atoms with Crippen molar-refractivity contribution in [3.05, 3.63) is 6.33 Å². The molecule has 0 amide bonds. The summed E-state index contributed by atoms with van der Waals surface area (Å²) >= 11 is 0. The fourth-order valence-corrected chi connectivity index (χ4v) is 4.88. The number of sulfonamides is 1. The summed E-state index contributed by atoms with van der Waals surface area (Å²) in [6.45, 7) is 2.99. The van der Waals surface area contributed by atoms with Crippen molar-refractivity contribution in [2.75, 3.05) is 31.9 Å². The molecule has 8 heteroatoms. The summed E-state index contributed by atoms with van der Waals surface area (Å²) in [5.74, 6) is 0.0820. The first-order valence-corrected chi connectivity index (χ1v) is 8.45. The van der Waals surface area contributed by atoms with Crippen molar-refractivity contribution in [3.63, 3.8) is 0 Å². The van der Waals surface area contributed by atoms with Gasteiger partial charge >= 0.3 is 0 Å². The number of imidazole rings is 1. The van der Waals surface area contributed by atoms with Gasteiger partial charge in [0.25, 0.3) is 10.0 Å². The van der Waals surface area contributed by atoms with Gasteiger partial charge in [-0.25, -0.2) is 13.4 Å². The molecule has 0 saturated carbocycles. The van der Waals surface area contributed by atoms with E-state index in [-0.39, 0.29) is 10.8 Å². The van der Waals surface area contributed by atoms with E-state index in [0.29, 0.717) is 19.1 Å². The molecule has 0 aromatic carbocycles. The molecule has 2 fully saturated rings. The number of aryl methyl sites for hydroxylation is 1. The van der Waals surface area contributed by atoms with Crippen LogP contribution in [0.3, 0.4) is 0 Å². The molecule has 2 aliphatic heterocycles. The van der Waals surface area contributed by atoms with Crippen LogP contribution in [0.15, 0.2) is 11.4 Å². The van der Waals surface area contributed by atoms with Crippen molar-refractivity contribution in [1.82, 2.24) is 18.8 Å². The Labute approximate surface area is 119 Å². The van der Waals surface area contributed by atoms with Crippen LogP contribution in [0.2, 0.25) is 0 Å². The smallest absolute Gasteiger partial charge is 0.262 e. The number of nitrogen functional groups attached to an aromatic ring is 1. The third-order valence-electron chi connectivity index (χ3n) is 4.29. The number of aromatic nitrogens is 2. The van der Waals surface area contributed by atoms with Gasteiger partial charge in [0.2, 0.25) is 0 Å². The molecular weight excluding hydrogens is 278 g/mol. The van der Waals surface area contributed by atoms with Gasteiger partial charge < -0.3 is 10.3 Å². The first-order valence-electron chi connectivity index (χ1n) is 7.01. The molecule has 0 aliphatic carbocycles. The van der Waals surface area contributed by atoms with Gasteiger partial charge in [0.15, 0.2) is 10.8 Å². The number of nitrogens with zero attached hydrogens (tertiary/aromatic N) is 4. The lowest BCUT2D eigenvalue weighted by atomic mass is 10.0. The fraction of sp³-hybridized carbons (Fsp3) is 0.750. The van der Waals surface area contributed by atoms with E-state index in [4.69, 9.17) is 5.73 Å². The van der Waals surface area contributed by atoms with E-state index in [9.17, 15) is 8.42 Å². The Morgan fingerprint density at radius 3 is 2.80 bits per heavy atom. The number of anilines is 1. The Bertz CT molecular complexity index is 577. The molecule has 1 atom stereocenters. The average Bonchev–Trinajstić information content (AvgIpc) is 2.78. The maximum atomic E-state index is 12.7. The van der Waals surface area contributed by atoms with Gasteiger partial charge in [-0.05, 0) is 19.4 Å². The van der Waals surface area contributed by atoms with Crippen molar-refractivity contribution in [2.24, 2.45) is 7.05 Å². The lowest BCUT2D eigenvalue weighted by Gasteiger charge is -2.43. The Hall–Kier alpha value is -1.12. The number of rotatable bonds is 2. The summed E-state index contributed by atoms with van der Waals surface area (Å²) in [6.07, 6.45) is 4.92. The van der Waals surface area contributed by atoms with Crippen LogP contribution in [0.25, 0.3) is 0 Å². The SMILES string of the molecule is Cn1cnc(N)c1S(=O)(=O)N1CCN2CCCCC2C1. The van der Waals surface area contributed by atoms with E-state index in [0.717, 1.165) is 19.5 Å². The minimum Gasteiger partial charge on any atom is -0.381 e. The number of hydrogen-bond acceptors (Lipinski definition) is 5. The molecule has 3 rings (SSSR count). The van der Waals surface area contributed by atoms with Crippen LogP contribution in [0.5, 0.6) is 0 Å². The van der Waals surface area contributed by atoms with E-state index >= 15 is 0 Å². The van der Waals surface area contributed by atoms with Crippen molar-refractivity contribution >= 4 is 15.8 Å². The molecular formula is C12H21N5O2S. The first kappa shape index (κ1) is 13.8. The summed E-state index contributed by atoms with van der Waals surface area (Å²) < 4.78 is 28.5. The number of piperazine rings is 1. The summed E-state index contributed by atoms with van der Waals surface area (Å²) in [4.78, 5) is 6.29. The maximum Gasteiger partial charge on any atom is 0.262 e. The van der Waals surface area contributed by atoms with Gasteiger partial charge in [0, 0.05) is 32.7 Å². The molecule has 1 aromatic heterocycles. The minimum atomic E-state index is -3.55. The van der Waals surface area contributed by atoms with Gasteiger partial charge in [-0.15, -0.1) is 0 Å². The predicted octanol–water partition coefficient (Wildman–Crippen LogP) is -0.139. The van der Waals surface area contributed by atoms with Crippen LogP contribution >= 0.6 is 0 Å². The second-order valence-electron chi connectivity index (χ2n) is 5.59. The molecule has 1 unspecified atom stereocenters.